The number of carbonyl (C=O) groups excluding carboxylic acids is 2. The second kappa shape index (κ2) is 13.6. The normalized spacial score (nSPS) is 12.3. The van der Waals surface area contributed by atoms with Crippen LogP contribution in [0.5, 0.6) is 5.75 Å². The van der Waals surface area contributed by atoms with Gasteiger partial charge in [-0.05, 0) is 76.6 Å². The molecule has 44 heavy (non-hydrogen) atoms. The third-order valence-electron chi connectivity index (χ3n) is 6.59. The molecular formula is C30H34ClFN4O7S. The van der Waals surface area contributed by atoms with E-state index in [1.54, 1.807) is 20.8 Å². The van der Waals surface area contributed by atoms with Gasteiger partial charge in [0.15, 0.2) is 0 Å². The van der Waals surface area contributed by atoms with E-state index in [9.17, 15) is 32.5 Å². The zero-order valence-corrected chi connectivity index (χ0v) is 26.7. The first kappa shape index (κ1) is 34.3. The van der Waals surface area contributed by atoms with Crippen molar-refractivity contribution in [3.63, 3.8) is 0 Å². The molecule has 11 nitrogen and oxygen atoms in total. The van der Waals surface area contributed by atoms with Gasteiger partial charge in [0.1, 0.15) is 24.2 Å². The van der Waals surface area contributed by atoms with Crippen LogP contribution in [0, 0.1) is 22.9 Å². The minimum Gasteiger partial charge on any atom is -0.495 e. The van der Waals surface area contributed by atoms with E-state index in [-0.39, 0.29) is 28.6 Å². The zero-order chi connectivity index (χ0) is 33.0. The molecule has 0 unspecified atom stereocenters. The van der Waals surface area contributed by atoms with E-state index in [0.29, 0.717) is 5.56 Å². The molecule has 0 bridgehead atoms. The summed E-state index contributed by atoms with van der Waals surface area (Å²) in [4.78, 5) is 38.9. The summed E-state index contributed by atoms with van der Waals surface area (Å²) in [6, 6.07) is 11.8. The standard InChI is InChI=1S/C30H34ClFN4O7S/c1-19-7-13-24(16-25(19)36(39)40)44(41,42)35(26-15-22(31)10-14-27(26)43-6)18-28(37)34(17-21-8-11-23(32)12-9-21)20(2)29(38)33-30(3,4)5/h7-16,20H,17-18H2,1-6H3,(H,33,38)/t20-/m1/s1. The fourth-order valence-corrected chi connectivity index (χ4v) is 5.89. The van der Waals surface area contributed by atoms with Gasteiger partial charge >= 0.3 is 0 Å². The number of aryl methyl sites for hydroxylation is 1. The highest BCUT2D eigenvalue weighted by Crippen LogP contribution is 2.36. The molecule has 0 aliphatic rings. The Balaban J connectivity index is 2.16. The Kier molecular flexibility index (Phi) is 10.6. The van der Waals surface area contributed by atoms with E-state index >= 15 is 0 Å². The van der Waals surface area contributed by atoms with E-state index in [1.165, 1.54) is 80.5 Å². The Morgan fingerprint density at radius 1 is 1.09 bits per heavy atom. The lowest BCUT2D eigenvalue weighted by molar-refractivity contribution is -0.385. The molecule has 0 aliphatic carbocycles. The number of benzene rings is 3. The second-order valence-corrected chi connectivity index (χ2v) is 13.4. The maximum absolute atomic E-state index is 14.2. The average molecular weight is 649 g/mol. The van der Waals surface area contributed by atoms with E-state index in [2.05, 4.69) is 5.32 Å². The van der Waals surface area contributed by atoms with E-state index < -0.39 is 61.3 Å². The van der Waals surface area contributed by atoms with Crippen molar-refractivity contribution in [1.82, 2.24) is 10.2 Å². The van der Waals surface area contributed by atoms with Crippen LogP contribution >= 0.6 is 11.6 Å². The van der Waals surface area contributed by atoms with Crippen molar-refractivity contribution >= 4 is 44.8 Å². The van der Waals surface area contributed by atoms with Gasteiger partial charge in [0.05, 0.1) is 22.6 Å². The molecule has 0 heterocycles. The number of nitro benzene ring substituents is 1. The van der Waals surface area contributed by atoms with Crippen molar-refractivity contribution in [3.05, 3.63) is 92.7 Å². The summed E-state index contributed by atoms with van der Waals surface area (Å²) in [6.45, 7) is 7.26. The molecule has 0 spiro atoms. The number of methoxy groups -OCH3 is 1. The fourth-order valence-electron chi connectivity index (χ4n) is 4.29. The summed E-state index contributed by atoms with van der Waals surface area (Å²) in [6.07, 6.45) is 0. The third-order valence-corrected chi connectivity index (χ3v) is 8.58. The molecule has 3 rings (SSSR count). The van der Waals surface area contributed by atoms with Crippen LogP contribution in [0.25, 0.3) is 0 Å². The van der Waals surface area contributed by atoms with Crippen LogP contribution < -0.4 is 14.4 Å². The first-order valence-electron chi connectivity index (χ1n) is 13.4. The molecule has 1 atom stereocenters. The van der Waals surface area contributed by atoms with Gasteiger partial charge in [0, 0.05) is 28.7 Å². The summed E-state index contributed by atoms with van der Waals surface area (Å²) in [5.41, 5.74) is -0.453. The molecule has 0 aromatic heterocycles. The summed E-state index contributed by atoms with van der Waals surface area (Å²) in [5.74, 6) is -1.74. The lowest BCUT2D eigenvalue weighted by Crippen LogP contribution is -2.54. The van der Waals surface area contributed by atoms with Gasteiger partial charge < -0.3 is 15.0 Å². The Hall–Kier alpha value is -4.23. The van der Waals surface area contributed by atoms with Gasteiger partial charge in [-0.25, -0.2) is 12.8 Å². The predicted octanol–water partition coefficient (Wildman–Crippen LogP) is 5.23. The predicted molar refractivity (Wildman–Crippen MR) is 165 cm³/mol. The Morgan fingerprint density at radius 3 is 2.30 bits per heavy atom. The fraction of sp³-hybridized carbons (Fsp3) is 0.333. The molecule has 0 aliphatic heterocycles. The number of ether oxygens (including phenoxy) is 1. The number of nitrogens with one attached hydrogen (secondary N) is 1. The lowest BCUT2D eigenvalue weighted by atomic mass is 10.1. The molecule has 2 amide bonds. The minimum atomic E-state index is -4.67. The number of anilines is 1. The van der Waals surface area contributed by atoms with Crippen molar-refractivity contribution in [1.29, 1.82) is 0 Å². The Labute approximate surface area is 260 Å². The molecule has 0 fully saturated rings. The van der Waals surface area contributed by atoms with Crippen molar-refractivity contribution < 1.29 is 32.1 Å². The SMILES string of the molecule is COc1ccc(Cl)cc1N(CC(=O)N(Cc1ccc(F)cc1)[C@H](C)C(=O)NC(C)(C)C)S(=O)(=O)c1ccc(C)c([N+](=O)[O-])c1. The van der Waals surface area contributed by atoms with Gasteiger partial charge in [-0.3, -0.25) is 24.0 Å². The topological polar surface area (TPSA) is 139 Å². The van der Waals surface area contributed by atoms with Crippen molar-refractivity contribution in [2.24, 2.45) is 0 Å². The number of nitro groups is 1. The lowest BCUT2D eigenvalue weighted by Gasteiger charge is -2.33. The van der Waals surface area contributed by atoms with Crippen LogP contribution in [0.3, 0.4) is 0 Å². The highest BCUT2D eigenvalue weighted by atomic mass is 35.5. The number of rotatable bonds is 11. The highest BCUT2D eigenvalue weighted by Gasteiger charge is 2.35. The number of carbonyl (C=O) groups is 2. The van der Waals surface area contributed by atoms with E-state index in [1.807, 2.05) is 0 Å². The Bertz CT molecular complexity index is 1660. The number of hydrogen-bond donors (Lipinski definition) is 1. The molecule has 3 aromatic rings. The first-order valence-corrected chi connectivity index (χ1v) is 15.2. The molecule has 0 saturated carbocycles. The van der Waals surface area contributed by atoms with Gasteiger partial charge in [0.2, 0.25) is 11.8 Å². The largest absolute Gasteiger partial charge is 0.495 e. The average Bonchev–Trinajstić information content (AvgIpc) is 2.94. The molecule has 236 valence electrons. The van der Waals surface area contributed by atoms with E-state index in [0.717, 1.165) is 10.4 Å². The number of amides is 2. The zero-order valence-electron chi connectivity index (χ0n) is 25.1. The summed E-state index contributed by atoms with van der Waals surface area (Å²) in [7, 11) is -3.36. The monoisotopic (exact) mass is 648 g/mol. The number of halogens is 2. The number of sulfonamides is 1. The molecule has 0 radical (unpaired) electrons. The molecule has 1 N–H and O–H groups in total. The van der Waals surface area contributed by atoms with E-state index in [4.69, 9.17) is 16.3 Å². The smallest absolute Gasteiger partial charge is 0.273 e. The maximum Gasteiger partial charge on any atom is 0.273 e. The maximum atomic E-state index is 14.2. The van der Waals surface area contributed by atoms with Crippen LogP contribution in [0.4, 0.5) is 15.8 Å². The quantitative estimate of drug-likeness (QED) is 0.222. The van der Waals surface area contributed by atoms with Crippen LogP contribution in [0.1, 0.15) is 38.8 Å². The number of nitrogens with zero attached hydrogens (tertiary/aromatic N) is 3. The molecule has 14 heteroatoms. The molecular weight excluding hydrogens is 615 g/mol. The first-order chi connectivity index (χ1) is 20.4. The van der Waals surface area contributed by atoms with Crippen molar-refractivity contribution in [2.75, 3.05) is 18.0 Å². The summed E-state index contributed by atoms with van der Waals surface area (Å²) >= 11 is 6.23. The minimum absolute atomic E-state index is 0.0518. The van der Waals surface area contributed by atoms with Crippen LogP contribution in [0.15, 0.2) is 65.6 Å². The Morgan fingerprint density at radius 2 is 1.73 bits per heavy atom. The third kappa shape index (κ3) is 8.23. The molecule has 0 saturated heterocycles. The van der Waals surface area contributed by atoms with Crippen LogP contribution in [-0.4, -0.2) is 55.3 Å². The second-order valence-electron chi connectivity index (χ2n) is 11.1. The summed E-state index contributed by atoms with van der Waals surface area (Å²) in [5, 5.41) is 14.6. The van der Waals surface area contributed by atoms with Gasteiger partial charge in [-0.15, -0.1) is 0 Å². The van der Waals surface area contributed by atoms with Gasteiger partial charge in [-0.2, -0.15) is 0 Å². The van der Waals surface area contributed by atoms with Crippen molar-refractivity contribution in [3.8, 4) is 5.75 Å². The van der Waals surface area contributed by atoms with Crippen LogP contribution in [0.2, 0.25) is 5.02 Å². The van der Waals surface area contributed by atoms with Crippen LogP contribution in [-0.2, 0) is 26.2 Å². The number of hydrogen-bond acceptors (Lipinski definition) is 7. The molecule has 3 aromatic carbocycles. The van der Waals surface area contributed by atoms with Gasteiger partial charge in [-0.1, -0.05) is 29.8 Å². The summed E-state index contributed by atoms with van der Waals surface area (Å²) < 4.78 is 48.1. The van der Waals surface area contributed by atoms with Gasteiger partial charge in [0.25, 0.3) is 15.7 Å². The van der Waals surface area contributed by atoms with Crippen molar-refractivity contribution in [2.45, 2.75) is 57.6 Å². The highest BCUT2D eigenvalue weighted by molar-refractivity contribution is 7.92.